The van der Waals surface area contributed by atoms with Crippen molar-refractivity contribution in [2.75, 3.05) is 14.2 Å². The summed E-state index contributed by atoms with van der Waals surface area (Å²) in [7, 11) is 3.04. The standard InChI is InChI=1S/C19H17N3O7/c1-11-13(5-4-6-15(11)22(24)25)19(23)28-10-17-20-18(21-29-17)14-8-7-12(26-2)9-16(14)27-3/h4-9H,10H2,1-3H3. The molecule has 0 saturated heterocycles. The van der Waals surface area contributed by atoms with E-state index in [-0.39, 0.29) is 35.1 Å². The second kappa shape index (κ2) is 8.38. The number of aromatic nitrogens is 2. The molecule has 0 fully saturated rings. The van der Waals surface area contributed by atoms with Crippen molar-refractivity contribution in [2.24, 2.45) is 0 Å². The Balaban J connectivity index is 1.74. The number of ether oxygens (including phenoxy) is 3. The van der Waals surface area contributed by atoms with E-state index < -0.39 is 10.9 Å². The molecular weight excluding hydrogens is 382 g/mol. The average Bonchev–Trinajstić information content (AvgIpc) is 3.20. The van der Waals surface area contributed by atoms with Gasteiger partial charge in [0.2, 0.25) is 5.82 Å². The van der Waals surface area contributed by atoms with Crippen LogP contribution in [0.15, 0.2) is 40.9 Å². The van der Waals surface area contributed by atoms with Crippen molar-refractivity contribution in [2.45, 2.75) is 13.5 Å². The smallest absolute Gasteiger partial charge is 0.339 e. The number of carbonyl (C=O) groups excluding carboxylic acids is 1. The van der Waals surface area contributed by atoms with Gasteiger partial charge in [-0.15, -0.1) is 0 Å². The van der Waals surface area contributed by atoms with Gasteiger partial charge >= 0.3 is 5.97 Å². The van der Waals surface area contributed by atoms with Crippen molar-refractivity contribution in [3.63, 3.8) is 0 Å². The van der Waals surface area contributed by atoms with Gasteiger partial charge in [-0.05, 0) is 25.1 Å². The molecule has 0 saturated carbocycles. The molecule has 0 aliphatic rings. The number of rotatable bonds is 7. The Bertz CT molecular complexity index is 1060. The molecule has 0 amide bonds. The number of hydrogen-bond acceptors (Lipinski definition) is 9. The monoisotopic (exact) mass is 399 g/mol. The second-order valence-electron chi connectivity index (χ2n) is 5.86. The first-order valence-corrected chi connectivity index (χ1v) is 8.40. The van der Waals surface area contributed by atoms with Crippen molar-refractivity contribution in [3.05, 3.63) is 63.5 Å². The summed E-state index contributed by atoms with van der Waals surface area (Å²) in [6.07, 6.45) is 0. The summed E-state index contributed by atoms with van der Waals surface area (Å²) < 4.78 is 20.7. The van der Waals surface area contributed by atoms with Crippen molar-refractivity contribution < 1.29 is 28.5 Å². The van der Waals surface area contributed by atoms with Gasteiger partial charge in [-0.2, -0.15) is 4.98 Å². The van der Waals surface area contributed by atoms with E-state index in [2.05, 4.69) is 10.1 Å². The maximum absolute atomic E-state index is 12.3. The number of benzene rings is 2. The molecule has 29 heavy (non-hydrogen) atoms. The highest BCUT2D eigenvalue weighted by Crippen LogP contribution is 2.31. The largest absolute Gasteiger partial charge is 0.497 e. The van der Waals surface area contributed by atoms with E-state index in [0.717, 1.165) is 0 Å². The van der Waals surface area contributed by atoms with Crippen LogP contribution in [0.1, 0.15) is 21.8 Å². The van der Waals surface area contributed by atoms with E-state index in [1.54, 1.807) is 18.2 Å². The highest BCUT2D eigenvalue weighted by molar-refractivity contribution is 5.92. The predicted octanol–water partition coefficient (Wildman–Crippen LogP) is 3.33. The van der Waals surface area contributed by atoms with Gasteiger partial charge in [0.05, 0.1) is 30.3 Å². The van der Waals surface area contributed by atoms with Crippen LogP contribution in [-0.2, 0) is 11.3 Å². The second-order valence-corrected chi connectivity index (χ2v) is 5.86. The van der Waals surface area contributed by atoms with E-state index in [4.69, 9.17) is 18.7 Å². The minimum Gasteiger partial charge on any atom is -0.497 e. The topological polar surface area (TPSA) is 127 Å². The van der Waals surface area contributed by atoms with Crippen LogP contribution in [0, 0.1) is 17.0 Å². The summed E-state index contributed by atoms with van der Waals surface area (Å²) in [6, 6.07) is 9.30. The summed E-state index contributed by atoms with van der Waals surface area (Å²) in [5.41, 5.74) is 0.725. The molecule has 1 aromatic heterocycles. The third-order valence-corrected chi connectivity index (χ3v) is 4.17. The Hall–Kier alpha value is -3.95. The first kappa shape index (κ1) is 19.8. The molecule has 10 heteroatoms. The van der Waals surface area contributed by atoms with Crippen molar-refractivity contribution >= 4 is 11.7 Å². The van der Waals surface area contributed by atoms with E-state index >= 15 is 0 Å². The highest BCUT2D eigenvalue weighted by Gasteiger charge is 2.20. The van der Waals surface area contributed by atoms with Gasteiger partial charge in [0.25, 0.3) is 11.6 Å². The van der Waals surface area contributed by atoms with Gasteiger partial charge in [0.15, 0.2) is 6.61 Å². The third kappa shape index (κ3) is 4.15. The number of methoxy groups -OCH3 is 2. The molecule has 0 N–H and O–H groups in total. The molecule has 0 radical (unpaired) electrons. The molecule has 0 unspecified atom stereocenters. The van der Waals surface area contributed by atoms with Crippen molar-refractivity contribution in [1.29, 1.82) is 0 Å². The Kier molecular flexibility index (Phi) is 5.72. The van der Waals surface area contributed by atoms with Crippen LogP contribution < -0.4 is 9.47 Å². The maximum Gasteiger partial charge on any atom is 0.339 e. The first-order chi connectivity index (χ1) is 13.9. The molecule has 2 aromatic carbocycles. The zero-order chi connectivity index (χ0) is 21.0. The molecule has 0 spiro atoms. The lowest BCUT2D eigenvalue weighted by molar-refractivity contribution is -0.385. The fourth-order valence-corrected chi connectivity index (χ4v) is 2.65. The van der Waals surface area contributed by atoms with Gasteiger partial charge in [-0.25, -0.2) is 4.79 Å². The molecule has 1 heterocycles. The summed E-state index contributed by atoms with van der Waals surface area (Å²) in [5, 5.41) is 14.9. The van der Waals surface area contributed by atoms with Crippen LogP contribution in [-0.4, -0.2) is 35.3 Å². The van der Waals surface area contributed by atoms with Crippen LogP contribution in [0.4, 0.5) is 5.69 Å². The lowest BCUT2D eigenvalue weighted by Crippen LogP contribution is -2.08. The SMILES string of the molecule is COc1ccc(-c2noc(COC(=O)c3cccc([N+](=O)[O-])c3C)n2)c(OC)c1. The summed E-state index contributed by atoms with van der Waals surface area (Å²) in [4.78, 5) is 26.9. The van der Waals surface area contributed by atoms with Crippen molar-refractivity contribution in [1.82, 2.24) is 10.1 Å². The van der Waals surface area contributed by atoms with E-state index in [9.17, 15) is 14.9 Å². The molecule has 0 bridgehead atoms. The molecule has 0 atom stereocenters. The van der Waals surface area contributed by atoms with Crippen LogP contribution in [0.2, 0.25) is 0 Å². The molecule has 150 valence electrons. The number of nitro benzene ring substituents is 1. The van der Waals surface area contributed by atoms with Crippen LogP contribution in [0.3, 0.4) is 0 Å². The Morgan fingerprint density at radius 1 is 1.21 bits per heavy atom. The zero-order valence-electron chi connectivity index (χ0n) is 15.9. The lowest BCUT2D eigenvalue weighted by atomic mass is 10.1. The lowest BCUT2D eigenvalue weighted by Gasteiger charge is -2.07. The minimum absolute atomic E-state index is 0.0642. The summed E-state index contributed by atoms with van der Waals surface area (Å²) in [5.74, 6) is 0.681. The number of esters is 1. The molecular formula is C19H17N3O7. The fourth-order valence-electron chi connectivity index (χ4n) is 2.65. The van der Waals surface area contributed by atoms with Gasteiger partial charge in [0.1, 0.15) is 11.5 Å². The Morgan fingerprint density at radius 2 is 2.00 bits per heavy atom. The number of carbonyl (C=O) groups is 1. The Morgan fingerprint density at radius 3 is 2.69 bits per heavy atom. The maximum atomic E-state index is 12.3. The highest BCUT2D eigenvalue weighted by atomic mass is 16.6. The van der Waals surface area contributed by atoms with Gasteiger partial charge in [0, 0.05) is 17.7 Å². The van der Waals surface area contributed by atoms with Gasteiger partial charge in [-0.3, -0.25) is 10.1 Å². The van der Waals surface area contributed by atoms with Crippen LogP contribution >= 0.6 is 0 Å². The predicted molar refractivity (Wildman–Crippen MR) is 99.8 cm³/mol. The molecule has 3 rings (SSSR count). The number of nitro groups is 1. The van der Waals surface area contributed by atoms with Gasteiger partial charge in [-0.1, -0.05) is 11.2 Å². The van der Waals surface area contributed by atoms with Crippen LogP contribution in [0.5, 0.6) is 11.5 Å². The van der Waals surface area contributed by atoms with E-state index in [0.29, 0.717) is 17.1 Å². The first-order valence-electron chi connectivity index (χ1n) is 8.40. The molecule has 10 nitrogen and oxygen atoms in total. The minimum atomic E-state index is -0.729. The molecule has 0 aliphatic carbocycles. The fraction of sp³-hybridized carbons (Fsp3) is 0.211. The molecule has 0 aliphatic heterocycles. The quantitative estimate of drug-likeness (QED) is 0.334. The van der Waals surface area contributed by atoms with Crippen LogP contribution in [0.25, 0.3) is 11.4 Å². The average molecular weight is 399 g/mol. The summed E-state index contributed by atoms with van der Waals surface area (Å²) in [6.45, 7) is 1.20. The van der Waals surface area contributed by atoms with Gasteiger partial charge < -0.3 is 18.7 Å². The normalized spacial score (nSPS) is 10.4. The number of nitrogens with zero attached hydrogens (tertiary/aromatic N) is 3. The van der Waals surface area contributed by atoms with Crippen molar-refractivity contribution in [3.8, 4) is 22.9 Å². The molecule has 3 aromatic rings. The zero-order valence-corrected chi connectivity index (χ0v) is 15.9. The van der Waals surface area contributed by atoms with E-state index in [1.807, 2.05) is 0 Å². The van der Waals surface area contributed by atoms with E-state index in [1.165, 1.54) is 39.3 Å². The summed E-state index contributed by atoms with van der Waals surface area (Å²) >= 11 is 0. The number of hydrogen-bond donors (Lipinski definition) is 0. The Labute approximate surface area is 165 Å². The third-order valence-electron chi connectivity index (χ3n) is 4.17.